The number of pyridine rings is 1. The predicted octanol–water partition coefficient (Wildman–Crippen LogP) is 2.33. The molecule has 0 unspecified atom stereocenters. The van der Waals surface area contributed by atoms with Crippen LogP contribution in [0.1, 0.15) is 32.9 Å². The van der Waals surface area contributed by atoms with Crippen LogP contribution in [0.3, 0.4) is 0 Å². The molecule has 6 nitrogen and oxygen atoms in total. The van der Waals surface area contributed by atoms with Gasteiger partial charge in [0.1, 0.15) is 11.6 Å². The van der Waals surface area contributed by atoms with Crippen molar-refractivity contribution in [2.75, 3.05) is 6.54 Å². The second-order valence-electron chi connectivity index (χ2n) is 6.61. The molecule has 0 bridgehead atoms. The van der Waals surface area contributed by atoms with Crippen LogP contribution >= 0.6 is 0 Å². The van der Waals surface area contributed by atoms with Crippen molar-refractivity contribution in [1.82, 2.24) is 9.88 Å². The summed E-state index contributed by atoms with van der Waals surface area (Å²) in [7, 11) is 0. The van der Waals surface area contributed by atoms with Gasteiger partial charge in [0.05, 0.1) is 0 Å². The van der Waals surface area contributed by atoms with Gasteiger partial charge in [-0.15, -0.1) is 0 Å². The highest BCUT2D eigenvalue weighted by Gasteiger charge is 2.41. The van der Waals surface area contributed by atoms with E-state index in [1.54, 1.807) is 27.0 Å². The van der Waals surface area contributed by atoms with Gasteiger partial charge in [0, 0.05) is 18.4 Å². The lowest BCUT2D eigenvalue weighted by atomic mass is 9.99. The van der Waals surface area contributed by atoms with E-state index in [0.29, 0.717) is 19.4 Å². The molecular formula is C16H22N2O4. The zero-order valence-corrected chi connectivity index (χ0v) is 13.2. The van der Waals surface area contributed by atoms with Crippen molar-refractivity contribution in [2.24, 2.45) is 5.92 Å². The molecule has 1 aliphatic rings. The summed E-state index contributed by atoms with van der Waals surface area (Å²) >= 11 is 0. The molecule has 0 radical (unpaired) electrons. The Morgan fingerprint density at radius 1 is 1.41 bits per heavy atom. The van der Waals surface area contributed by atoms with Crippen LogP contribution in [0.2, 0.25) is 0 Å². The lowest BCUT2D eigenvalue weighted by Crippen LogP contribution is -2.43. The van der Waals surface area contributed by atoms with Gasteiger partial charge < -0.3 is 9.84 Å². The van der Waals surface area contributed by atoms with Crippen LogP contribution in [-0.2, 0) is 16.0 Å². The maximum absolute atomic E-state index is 12.2. The first kappa shape index (κ1) is 16.3. The molecule has 2 atom stereocenters. The number of carbonyl (C=O) groups excluding carboxylic acids is 1. The van der Waals surface area contributed by atoms with Crippen molar-refractivity contribution in [3.05, 3.63) is 30.1 Å². The standard InChI is InChI=1S/C16H22N2O4/c1-16(2,3)22-15(21)18-10-11(9-13(18)14(19)20)8-12-6-4-5-7-17-12/h4-7,11,13H,8-10H2,1-3H3,(H,19,20)/t11-,13-/m0/s1. The third-order valence-electron chi connectivity index (χ3n) is 3.52. The first-order valence-electron chi connectivity index (χ1n) is 7.38. The van der Waals surface area contributed by atoms with Crippen molar-refractivity contribution in [2.45, 2.75) is 45.3 Å². The molecular weight excluding hydrogens is 284 g/mol. The van der Waals surface area contributed by atoms with Gasteiger partial charge in [0.25, 0.3) is 0 Å². The number of rotatable bonds is 3. The number of hydrogen-bond acceptors (Lipinski definition) is 4. The summed E-state index contributed by atoms with van der Waals surface area (Å²) in [6, 6.07) is 4.82. The number of likely N-dealkylation sites (tertiary alicyclic amines) is 1. The molecule has 0 saturated carbocycles. The molecule has 6 heteroatoms. The SMILES string of the molecule is CC(C)(C)OC(=O)N1C[C@@H](Cc2ccccn2)C[C@H]1C(=O)O. The van der Waals surface area contributed by atoms with Crippen LogP contribution in [0.25, 0.3) is 0 Å². The van der Waals surface area contributed by atoms with E-state index in [9.17, 15) is 14.7 Å². The second kappa shape index (κ2) is 6.34. The summed E-state index contributed by atoms with van der Waals surface area (Å²) in [6.07, 6.45) is 2.23. The number of nitrogens with zero attached hydrogens (tertiary/aromatic N) is 2. The highest BCUT2D eigenvalue weighted by Crippen LogP contribution is 2.27. The summed E-state index contributed by atoms with van der Waals surface area (Å²) in [6.45, 7) is 5.68. The molecule has 2 heterocycles. The number of carboxylic acid groups (broad SMARTS) is 1. The smallest absolute Gasteiger partial charge is 0.411 e. The van der Waals surface area contributed by atoms with Gasteiger partial charge in [-0.2, -0.15) is 0 Å². The summed E-state index contributed by atoms with van der Waals surface area (Å²) in [5.74, 6) is -0.919. The Bertz CT molecular complexity index is 539. The van der Waals surface area contributed by atoms with Crippen LogP contribution in [0.5, 0.6) is 0 Å². The van der Waals surface area contributed by atoms with Crippen molar-refractivity contribution in [1.29, 1.82) is 0 Å². The number of aromatic nitrogens is 1. The molecule has 0 aromatic carbocycles. The third kappa shape index (κ3) is 4.19. The normalized spacial score (nSPS) is 21.7. The molecule has 0 spiro atoms. The quantitative estimate of drug-likeness (QED) is 0.927. The lowest BCUT2D eigenvalue weighted by molar-refractivity contribution is -0.142. The largest absolute Gasteiger partial charge is 0.480 e. The van der Waals surface area contributed by atoms with Gasteiger partial charge in [-0.3, -0.25) is 9.88 Å². The van der Waals surface area contributed by atoms with Gasteiger partial charge >= 0.3 is 12.1 Å². The summed E-state index contributed by atoms with van der Waals surface area (Å²) in [5, 5.41) is 9.35. The summed E-state index contributed by atoms with van der Waals surface area (Å²) in [4.78, 5) is 29.2. The van der Waals surface area contributed by atoms with Crippen LogP contribution in [-0.4, -0.2) is 45.2 Å². The van der Waals surface area contributed by atoms with Crippen LogP contribution in [0.15, 0.2) is 24.4 Å². The van der Waals surface area contributed by atoms with E-state index in [1.165, 1.54) is 4.90 Å². The van der Waals surface area contributed by atoms with Crippen LogP contribution in [0, 0.1) is 5.92 Å². The minimum Gasteiger partial charge on any atom is -0.480 e. The molecule has 1 aromatic heterocycles. The number of hydrogen-bond donors (Lipinski definition) is 1. The zero-order chi connectivity index (χ0) is 16.3. The lowest BCUT2D eigenvalue weighted by Gasteiger charge is -2.26. The van der Waals surface area contributed by atoms with Gasteiger partial charge in [0.15, 0.2) is 0 Å². The van der Waals surface area contributed by atoms with Crippen LogP contribution in [0.4, 0.5) is 4.79 Å². The molecule has 1 aliphatic heterocycles. The molecule has 1 N–H and O–H groups in total. The van der Waals surface area contributed by atoms with Crippen molar-refractivity contribution < 1.29 is 19.4 Å². The monoisotopic (exact) mass is 306 g/mol. The molecule has 1 fully saturated rings. The fourth-order valence-electron chi connectivity index (χ4n) is 2.64. The maximum Gasteiger partial charge on any atom is 0.411 e. The fourth-order valence-corrected chi connectivity index (χ4v) is 2.64. The zero-order valence-electron chi connectivity index (χ0n) is 13.2. The highest BCUT2D eigenvalue weighted by molar-refractivity contribution is 5.81. The molecule has 120 valence electrons. The van der Waals surface area contributed by atoms with Gasteiger partial charge in [-0.25, -0.2) is 9.59 Å². The molecule has 1 saturated heterocycles. The van der Waals surface area contributed by atoms with Gasteiger partial charge in [-0.05, 0) is 51.7 Å². The van der Waals surface area contributed by atoms with Crippen molar-refractivity contribution >= 4 is 12.1 Å². The Morgan fingerprint density at radius 3 is 2.68 bits per heavy atom. The average molecular weight is 306 g/mol. The molecule has 1 aromatic rings. The first-order chi connectivity index (χ1) is 10.3. The van der Waals surface area contributed by atoms with Crippen molar-refractivity contribution in [3.63, 3.8) is 0 Å². The summed E-state index contributed by atoms with van der Waals surface area (Å²) in [5.41, 5.74) is 0.266. The molecule has 2 rings (SSSR count). The van der Waals surface area contributed by atoms with E-state index in [2.05, 4.69) is 4.98 Å². The number of carboxylic acids is 1. The summed E-state index contributed by atoms with van der Waals surface area (Å²) < 4.78 is 5.31. The fraction of sp³-hybridized carbons (Fsp3) is 0.562. The highest BCUT2D eigenvalue weighted by atomic mass is 16.6. The van der Waals surface area contributed by atoms with E-state index in [4.69, 9.17) is 4.74 Å². The number of aliphatic carboxylic acids is 1. The van der Waals surface area contributed by atoms with E-state index < -0.39 is 23.7 Å². The van der Waals surface area contributed by atoms with Crippen LogP contribution < -0.4 is 0 Å². The Balaban J connectivity index is 2.06. The Kier molecular flexibility index (Phi) is 4.68. The minimum atomic E-state index is -0.991. The minimum absolute atomic E-state index is 0.0727. The Hall–Kier alpha value is -2.11. The number of carbonyl (C=O) groups is 2. The Labute approximate surface area is 130 Å². The van der Waals surface area contributed by atoms with E-state index in [1.807, 2.05) is 18.2 Å². The number of amides is 1. The topological polar surface area (TPSA) is 79.7 Å². The third-order valence-corrected chi connectivity index (χ3v) is 3.52. The van der Waals surface area contributed by atoms with E-state index >= 15 is 0 Å². The Morgan fingerprint density at radius 2 is 2.14 bits per heavy atom. The maximum atomic E-state index is 12.2. The molecule has 1 amide bonds. The first-order valence-corrected chi connectivity index (χ1v) is 7.38. The van der Waals surface area contributed by atoms with E-state index in [-0.39, 0.29) is 5.92 Å². The van der Waals surface area contributed by atoms with Gasteiger partial charge in [0.2, 0.25) is 0 Å². The number of ether oxygens (including phenoxy) is 1. The van der Waals surface area contributed by atoms with E-state index in [0.717, 1.165) is 5.69 Å². The molecule has 22 heavy (non-hydrogen) atoms. The second-order valence-corrected chi connectivity index (χ2v) is 6.61. The van der Waals surface area contributed by atoms with Gasteiger partial charge in [-0.1, -0.05) is 6.07 Å². The molecule has 0 aliphatic carbocycles. The predicted molar refractivity (Wildman–Crippen MR) is 80.4 cm³/mol. The van der Waals surface area contributed by atoms with Crippen molar-refractivity contribution in [3.8, 4) is 0 Å². The average Bonchev–Trinajstić information content (AvgIpc) is 2.82.